The summed E-state index contributed by atoms with van der Waals surface area (Å²) in [5, 5.41) is 3.75. The minimum Gasteiger partial charge on any atom is -0.382 e. The third kappa shape index (κ3) is 3.50. The van der Waals surface area contributed by atoms with Crippen LogP contribution in [-0.4, -0.2) is 6.04 Å². The fourth-order valence-corrected chi connectivity index (χ4v) is 3.53. The van der Waals surface area contributed by atoms with Gasteiger partial charge < -0.3 is 5.32 Å². The SMILES string of the molecule is CC(C)(C)C1CCCCC1Nc1cccc(Br)c1. The van der Waals surface area contributed by atoms with Crippen LogP contribution in [0.5, 0.6) is 0 Å². The lowest BCUT2D eigenvalue weighted by molar-refractivity contribution is 0.163. The Labute approximate surface area is 119 Å². The Morgan fingerprint density at radius 1 is 1.17 bits per heavy atom. The van der Waals surface area contributed by atoms with Gasteiger partial charge in [0.2, 0.25) is 0 Å². The van der Waals surface area contributed by atoms with Crippen LogP contribution in [0, 0.1) is 11.3 Å². The van der Waals surface area contributed by atoms with E-state index in [4.69, 9.17) is 0 Å². The molecule has 100 valence electrons. The summed E-state index contributed by atoms with van der Waals surface area (Å²) in [4.78, 5) is 0. The van der Waals surface area contributed by atoms with E-state index in [1.54, 1.807) is 0 Å². The molecule has 18 heavy (non-hydrogen) atoms. The van der Waals surface area contributed by atoms with Gasteiger partial charge in [0.05, 0.1) is 0 Å². The van der Waals surface area contributed by atoms with Gasteiger partial charge in [-0.15, -0.1) is 0 Å². The van der Waals surface area contributed by atoms with E-state index in [2.05, 4.69) is 66.3 Å². The molecule has 0 heterocycles. The average molecular weight is 310 g/mol. The van der Waals surface area contributed by atoms with Gasteiger partial charge in [-0.1, -0.05) is 55.6 Å². The van der Waals surface area contributed by atoms with Gasteiger partial charge in [-0.25, -0.2) is 0 Å². The molecule has 2 unspecified atom stereocenters. The van der Waals surface area contributed by atoms with Gasteiger partial charge in [0.25, 0.3) is 0 Å². The van der Waals surface area contributed by atoms with Crippen molar-refractivity contribution in [2.75, 3.05) is 5.32 Å². The van der Waals surface area contributed by atoms with Gasteiger partial charge in [-0.3, -0.25) is 0 Å². The minimum absolute atomic E-state index is 0.393. The van der Waals surface area contributed by atoms with Crippen molar-refractivity contribution in [3.63, 3.8) is 0 Å². The van der Waals surface area contributed by atoms with E-state index in [1.165, 1.54) is 31.4 Å². The third-order valence-corrected chi connectivity index (χ3v) is 4.55. The Balaban J connectivity index is 2.10. The van der Waals surface area contributed by atoms with Gasteiger partial charge in [0.15, 0.2) is 0 Å². The summed E-state index contributed by atoms with van der Waals surface area (Å²) >= 11 is 3.54. The number of hydrogen-bond donors (Lipinski definition) is 1. The standard InChI is InChI=1S/C16H24BrN/c1-16(2,3)14-9-4-5-10-15(14)18-13-8-6-7-12(17)11-13/h6-8,11,14-15,18H,4-5,9-10H2,1-3H3. The fourth-order valence-electron chi connectivity index (χ4n) is 3.13. The molecule has 0 amide bonds. The summed E-state index contributed by atoms with van der Waals surface area (Å²) in [5.41, 5.74) is 1.63. The number of hydrogen-bond acceptors (Lipinski definition) is 1. The van der Waals surface area contributed by atoms with Gasteiger partial charge in [0, 0.05) is 16.2 Å². The second-order valence-electron chi connectivity index (χ2n) is 6.52. The smallest absolute Gasteiger partial charge is 0.0353 e. The predicted molar refractivity (Wildman–Crippen MR) is 83.0 cm³/mol. The van der Waals surface area contributed by atoms with Gasteiger partial charge in [-0.2, -0.15) is 0 Å². The molecule has 0 bridgehead atoms. The maximum Gasteiger partial charge on any atom is 0.0353 e. The van der Waals surface area contributed by atoms with Crippen molar-refractivity contribution in [1.29, 1.82) is 0 Å². The van der Waals surface area contributed by atoms with Crippen LogP contribution in [0.4, 0.5) is 5.69 Å². The maximum absolute atomic E-state index is 3.75. The van der Waals surface area contributed by atoms with Crippen LogP contribution in [0.2, 0.25) is 0 Å². The molecule has 1 aliphatic rings. The zero-order valence-corrected chi connectivity index (χ0v) is 13.3. The Morgan fingerprint density at radius 2 is 1.89 bits per heavy atom. The highest BCUT2D eigenvalue weighted by molar-refractivity contribution is 9.10. The first-order chi connectivity index (χ1) is 8.47. The molecule has 1 N–H and O–H groups in total. The molecule has 1 nitrogen and oxygen atoms in total. The lowest BCUT2D eigenvalue weighted by Gasteiger charge is -2.41. The Hall–Kier alpha value is -0.500. The molecule has 1 aromatic carbocycles. The molecule has 1 saturated carbocycles. The number of anilines is 1. The molecule has 2 rings (SSSR count). The number of benzene rings is 1. The van der Waals surface area contributed by atoms with Gasteiger partial charge in [-0.05, 0) is 42.4 Å². The van der Waals surface area contributed by atoms with Crippen molar-refractivity contribution >= 4 is 21.6 Å². The molecule has 0 aliphatic heterocycles. The van der Waals surface area contributed by atoms with E-state index < -0.39 is 0 Å². The van der Waals surface area contributed by atoms with E-state index in [0.717, 1.165) is 10.4 Å². The summed E-state index contributed by atoms with van der Waals surface area (Å²) in [7, 11) is 0. The van der Waals surface area contributed by atoms with Gasteiger partial charge >= 0.3 is 0 Å². The molecule has 1 fully saturated rings. The predicted octanol–water partition coefficient (Wildman–Crippen LogP) is 5.47. The highest BCUT2D eigenvalue weighted by Gasteiger charge is 2.33. The Kier molecular flexibility index (Phi) is 4.37. The number of rotatable bonds is 2. The van der Waals surface area contributed by atoms with Crippen LogP contribution in [0.25, 0.3) is 0 Å². The molecule has 1 aliphatic carbocycles. The molecule has 0 spiro atoms. The fraction of sp³-hybridized carbons (Fsp3) is 0.625. The summed E-state index contributed by atoms with van der Waals surface area (Å²) in [6.07, 6.45) is 5.40. The minimum atomic E-state index is 0.393. The summed E-state index contributed by atoms with van der Waals surface area (Å²) in [6.45, 7) is 7.12. The highest BCUT2D eigenvalue weighted by atomic mass is 79.9. The average Bonchev–Trinajstić information content (AvgIpc) is 2.28. The molecular formula is C16H24BrN. The third-order valence-electron chi connectivity index (χ3n) is 4.06. The van der Waals surface area contributed by atoms with E-state index in [1.807, 2.05) is 0 Å². The summed E-state index contributed by atoms with van der Waals surface area (Å²) in [5.74, 6) is 0.769. The molecule has 0 radical (unpaired) electrons. The summed E-state index contributed by atoms with van der Waals surface area (Å²) in [6, 6.07) is 9.13. The monoisotopic (exact) mass is 309 g/mol. The highest BCUT2D eigenvalue weighted by Crippen LogP contribution is 2.39. The van der Waals surface area contributed by atoms with Crippen molar-refractivity contribution in [1.82, 2.24) is 0 Å². The zero-order chi connectivity index (χ0) is 13.2. The molecule has 2 atom stereocenters. The number of halogens is 1. The van der Waals surface area contributed by atoms with Crippen LogP contribution >= 0.6 is 15.9 Å². The maximum atomic E-state index is 3.75. The summed E-state index contributed by atoms with van der Waals surface area (Å²) < 4.78 is 1.15. The number of nitrogens with one attached hydrogen (secondary N) is 1. The van der Waals surface area contributed by atoms with E-state index >= 15 is 0 Å². The van der Waals surface area contributed by atoms with Crippen molar-refractivity contribution in [2.45, 2.75) is 52.5 Å². The second kappa shape index (κ2) is 5.64. The molecule has 1 aromatic rings. The van der Waals surface area contributed by atoms with Crippen LogP contribution in [0.15, 0.2) is 28.7 Å². The van der Waals surface area contributed by atoms with E-state index in [-0.39, 0.29) is 0 Å². The van der Waals surface area contributed by atoms with Gasteiger partial charge in [0.1, 0.15) is 0 Å². The van der Waals surface area contributed by atoms with Crippen molar-refractivity contribution < 1.29 is 0 Å². The van der Waals surface area contributed by atoms with Crippen LogP contribution in [-0.2, 0) is 0 Å². The lowest BCUT2D eigenvalue weighted by Crippen LogP contribution is -2.39. The molecular weight excluding hydrogens is 286 g/mol. The van der Waals surface area contributed by atoms with Crippen LogP contribution < -0.4 is 5.32 Å². The zero-order valence-electron chi connectivity index (χ0n) is 11.7. The van der Waals surface area contributed by atoms with Crippen molar-refractivity contribution in [3.8, 4) is 0 Å². The van der Waals surface area contributed by atoms with E-state index in [0.29, 0.717) is 11.5 Å². The quantitative estimate of drug-likeness (QED) is 0.764. The van der Waals surface area contributed by atoms with Crippen molar-refractivity contribution in [3.05, 3.63) is 28.7 Å². The lowest BCUT2D eigenvalue weighted by atomic mass is 9.69. The first-order valence-electron chi connectivity index (χ1n) is 6.99. The van der Waals surface area contributed by atoms with E-state index in [9.17, 15) is 0 Å². The largest absolute Gasteiger partial charge is 0.382 e. The molecule has 0 saturated heterocycles. The first kappa shape index (κ1) is 13.9. The van der Waals surface area contributed by atoms with Crippen LogP contribution in [0.3, 0.4) is 0 Å². The normalized spacial score (nSPS) is 24.9. The molecule has 0 aromatic heterocycles. The second-order valence-corrected chi connectivity index (χ2v) is 7.43. The van der Waals surface area contributed by atoms with Crippen LogP contribution in [0.1, 0.15) is 46.5 Å². The topological polar surface area (TPSA) is 12.0 Å². The van der Waals surface area contributed by atoms with Crippen molar-refractivity contribution in [2.24, 2.45) is 11.3 Å². The molecule has 2 heteroatoms. The Bertz CT molecular complexity index is 394. The Morgan fingerprint density at radius 3 is 2.56 bits per heavy atom. The first-order valence-corrected chi connectivity index (χ1v) is 7.78.